The van der Waals surface area contributed by atoms with E-state index in [1.807, 2.05) is 45.0 Å². The van der Waals surface area contributed by atoms with Crippen LogP contribution in [-0.4, -0.2) is 173 Å². The minimum atomic E-state index is -1.92. The lowest BCUT2D eigenvalue weighted by Crippen LogP contribution is -2.62. The number of hydrogen-bond acceptors (Lipinski definition) is 14. The van der Waals surface area contributed by atoms with Crippen molar-refractivity contribution in [3.05, 3.63) is 126 Å². The Morgan fingerprint density at radius 3 is 1.59 bits per heavy atom. The first-order valence-electron chi connectivity index (χ1n) is 32.1. The summed E-state index contributed by atoms with van der Waals surface area (Å²) in [7, 11) is 0. The number of fused-ring (bicyclic) bond motifs is 2. The first-order chi connectivity index (χ1) is 45.8. The number of primary amides is 1. The zero-order valence-electron chi connectivity index (χ0n) is 54.3. The van der Waals surface area contributed by atoms with E-state index in [1.54, 1.807) is 80.8 Å². The number of carboxylic acids is 2. The van der Waals surface area contributed by atoms with Gasteiger partial charge in [-0.2, -0.15) is 0 Å². The van der Waals surface area contributed by atoms with Crippen LogP contribution in [0, 0.1) is 11.8 Å². The summed E-state index contributed by atoms with van der Waals surface area (Å²) in [5.41, 5.74) is 15.0. The largest absolute Gasteiger partial charge is 0.481 e. The molecule has 1 saturated heterocycles. The van der Waals surface area contributed by atoms with Gasteiger partial charge in [-0.15, -0.1) is 0 Å². The van der Waals surface area contributed by atoms with Crippen LogP contribution < -0.4 is 54.0 Å². The Labute approximate surface area is 554 Å². The molecule has 0 aliphatic carbocycles. The van der Waals surface area contributed by atoms with Crippen LogP contribution in [0.15, 0.2) is 104 Å². The normalized spacial score (nSPS) is 15.8. The van der Waals surface area contributed by atoms with E-state index in [9.17, 15) is 58.2 Å². The standard InChI is InChI=1S/C67H87N15O14/c1-6-7-20-47(58(69)87)74-59(88)48(25-36(2)3)75-61(90)50(27-39-32-71-45-21-13-11-18-42(39)45)80-66(95)57(37(4)5)81-64(93)51(28-40-33-72-46-22-14-12-19-43(40)46)77-60(89)49(26-38-16-9-8-10-17-38)76-63(92)53(31-56(85)86)78-62(91)52(29-41-34-70-35-73-41)79-65(94)54-23-15-24-82(54)67(96)44(68)30-55(83)84/h8-14,16-19,21-22,32-37,44,47-54,57,71-72H,6-7,15,20,23-31,68H2,1-5H3,(H2,69,87)(H,70,73)(H,74,88)(H,75,90)(H,76,92)(H,77,89)(H,78,91)(H,79,94)(H,80,95)(H,81,93)(H,83,84)(H,85,86)/t44-,47-,48-,49-,50+,51+,52-,53-,54+,57-/m0/s1. The number of carboxylic acid groups (broad SMARTS) is 2. The highest BCUT2D eigenvalue weighted by atomic mass is 16.4. The summed E-state index contributed by atoms with van der Waals surface area (Å²) >= 11 is 0. The number of benzene rings is 3. The van der Waals surface area contributed by atoms with Gasteiger partial charge >= 0.3 is 11.9 Å². The Balaban J connectivity index is 1.16. The summed E-state index contributed by atoms with van der Waals surface area (Å²) in [5, 5.41) is 42.5. The Bertz CT molecular complexity index is 3720. The number of imidazole rings is 1. The molecule has 29 heteroatoms. The first-order valence-corrected chi connectivity index (χ1v) is 32.1. The molecule has 10 atom stereocenters. The summed E-state index contributed by atoms with van der Waals surface area (Å²) < 4.78 is 0. The van der Waals surface area contributed by atoms with E-state index < -0.39 is 150 Å². The lowest BCUT2D eigenvalue weighted by molar-refractivity contribution is -0.144. The summed E-state index contributed by atoms with van der Waals surface area (Å²) in [5.74, 6) is -12.3. The Kier molecular flexibility index (Phi) is 26.3. The van der Waals surface area contributed by atoms with Crippen molar-refractivity contribution in [1.29, 1.82) is 0 Å². The van der Waals surface area contributed by atoms with E-state index in [0.29, 0.717) is 46.1 Å². The minimum absolute atomic E-state index is 0.0622. The molecule has 3 aromatic heterocycles. The van der Waals surface area contributed by atoms with E-state index in [2.05, 4.69) is 62.5 Å². The van der Waals surface area contributed by atoms with E-state index >= 15 is 9.59 Å². The van der Waals surface area contributed by atoms with Gasteiger partial charge in [-0.25, -0.2) is 4.98 Å². The molecule has 514 valence electrons. The summed E-state index contributed by atoms with van der Waals surface area (Å²) in [6.07, 6.45) is 5.65. The average Bonchev–Trinajstić information content (AvgIpc) is 1.66. The topological polar surface area (TPSA) is 457 Å². The van der Waals surface area contributed by atoms with Crippen LogP contribution in [0.3, 0.4) is 0 Å². The molecule has 29 nitrogen and oxygen atoms in total. The number of para-hydroxylation sites is 2. The highest BCUT2D eigenvalue weighted by Gasteiger charge is 2.41. The van der Waals surface area contributed by atoms with Gasteiger partial charge in [0.2, 0.25) is 59.1 Å². The molecule has 4 heterocycles. The number of aliphatic carboxylic acids is 2. The molecular formula is C67H87N15O14. The Morgan fingerprint density at radius 2 is 1.06 bits per heavy atom. The molecule has 17 N–H and O–H groups in total. The zero-order valence-corrected chi connectivity index (χ0v) is 54.3. The molecule has 0 saturated carbocycles. The Hall–Kier alpha value is -10.4. The molecule has 96 heavy (non-hydrogen) atoms. The molecule has 1 fully saturated rings. The van der Waals surface area contributed by atoms with Gasteiger partial charge in [0.05, 0.1) is 25.2 Å². The van der Waals surface area contributed by atoms with Crippen molar-refractivity contribution >= 4 is 92.8 Å². The molecule has 0 bridgehead atoms. The quantitative estimate of drug-likeness (QED) is 0.0262. The second kappa shape index (κ2) is 34.6. The molecular weight excluding hydrogens is 1240 g/mol. The van der Waals surface area contributed by atoms with Crippen LogP contribution in [-0.2, 0) is 83.2 Å². The van der Waals surface area contributed by atoms with Gasteiger partial charge < -0.3 is 84.1 Å². The predicted molar refractivity (Wildman–Crippen MR) is 352 cm³/mol. The van der Waals surface area contributed by atoms with Crippen LogP contribution in [0.5, 0.6) is 0 Å². The summed E-state index contributed by atoms with van der Waals surface area (Å²) in [6.45, 7) is 9.00. The maximum absolute atomic E-state index is 15.2. The van der Waals surface area contributed by atoms with Crippen molar-refractivity contribution in [3.8, 4) is 0 Å². The monoisotopic (exact) mass is 1330 g/mol. The number of amides is 10. The van der Waals surface area contributed by atoms with E-state index in [1.165, 1.54) is 12.5 Å². The van der Waals surface area contributed by atoms with Gasteiger partial charge in [0, 0.05) is 78.3 Å². The summed E-state index contributed by atoms with van der Waals surface area (Å²) in [4.78, 5) is 181. The molecule has 0 radical (unpaired) electrons. The fourth-order valence-corrected chi connectivity index (χ4v) is 11.6. The first kappa shape index (κ1) is 73.0. The third-order valence-electron chi connectivity index (χ3n) is 16.6. The number of aromatic amines is 3. The maximum Gasteiger partial charge on any atom is 0.305 e. The van der Waals surface area contributed by atoms with Crippen molar-refractivity contribution in [2.45, 2.75) is 172 Å². The fraction of sp³-hybridized carbons (Fsp3) is 0.448. The number of nitrogens with two attached hydrogens (primary N) is 2. The second-order valence-corrected chi connectivity index (χ2v) is 24.9. The van der Waals surface area contributed by atoms with Gasteiger partial charge in [-0.05, 0) is 66.3 Å². The van der Waals surface area contributed by atoms with Gasteiger partial charge in [0.1, 0.15) is 54.4 Å². The number of likely N-dealkylation sites (tertiary alicyclic amines) is 1. The second-order valence-electron chi connectivity index (χ2n) is 24.9. The Morgan fingerprint density at radius 1 is 0.573 bits per heavy atom. The fourth-order valence-electron chi connectivity index (χ4n) is 11.6. The molecule has 7 rings (SSSR count). The lowest BCUT2D eigenvalue weighted by Gasteiger charge is -2.29. The maximum atomic E-state index is 15.2. The molecule has 1 aliphatic heterocycles. The van der Waals surface area contributed by atoms with Crippen LogP contribution in [0.1, 0.15) is 108 Å². The zero-order chi connectivity index (χ0) is 69.8. The van der Waals surface area contributed by atoms with Crippen LogP contribution in [0.2, 0.25) is 0 Å². The van der Waals surface area contributed by atoms with Crippen molar-refractivity contribution in [2.75, 3.05) is 6.54 Å². The smallest absolute Gasteiger partial charge is 0.305 e. The number of nitrogens with zero attached hydrogens (tertiary/aromatic N) is 2. The minimum Gasteiger partial charge on any atom is -0.481 e. The van der Waals surface area contributed by atoms with E-state index in [4.69, 9.17) is 11.5 Å². The molecule has 0 spiro atoms. The third kappa shape index (κ3) is 20.5. The van der Waals surface area contributed by atoms with Gasteiger partial charge in [-0.1, -0.05) is 114 Å². The number of hydrogen-bond donors (Lipinski definition) is 15. The highest BCUT2D eigenvalue weighted by Crippen LogP contribution is 2.23. The molecule has 1 aliphatic rings. The van der Waals surface area contributed by atoms with E-state index in [-0.39, 0.29) is 57.4 Å². The number of nitrogens with one attached hydrogen (secondary N) is 11. The van der Waals surface area contributed by atoms with Crippen molar-refractivity contribution in [1.82, 2.24) is 67.4 Å². The van der Waals surface area contributed by atoms with E-state index in [0.717, 1.165) is 22.2 Å². The molecule has 3 aromatic carbocycles. The molecule has 0 unspecified atom stereocenters. The predicted octanol–water partition coefficient (Wildman–Crippen LogP) is 1.17. The summed E-state index contributed by atoms with van der Waals surface area (Å²) in [6, 6.07) is 8.69. The lowest BCUT2D eigenvalue weighted by atomic mass is 9.98. The van der Waals surface area contributed by atoms with Crippen molar-refractivity contribution in [2.24, 2.45) is 23.3 Å². The number of H-pyrrole nitrogens is 3. The number of rotatable bonds is 36. The van der Waals surface area contributed by atoms with Gasteiger partial charge in [-0.3, -0.25) is 57.5 Å². The number of carbonyl (C=O) groups excluding carboxylic acids is 10. The van der Waals surface area contributed by atoms with Crippen LogP contribution in [0.4, 0.5) is 0 Å². The molecule has 10 amide bonds. The SMILES string of the molecule is CCCC[C@H](NC(=O)[C@H](CC(C)C)NC(=O)[C@@H](Cc1c[nH]c2ccccc12)NC(=O)[C@@H](NC(=O)[C@@H](Cc1c[nH]c2ccccc12)NC(=O)[C@H](Cc1ccccc1)NC(=O)[C@H](CC(=O)O)NC(=O)[C@H](Cc1cnc[nH]1)NC(=O)[C@H]1CCCN1C(=O)[C@@H](N)CC(=O)O)C(C)C)C(N)=O. The number of aromatic nitrogens is 4. The van der Waals surface area contributed by atoms with Gasteiger partial charge in [0.15, 0.2) is 0 Å². The number of carbonyl (C=O) groups is 12. The average molecular weight is 1330 g/mol. The third-order valence-corrected chi connectivity index (χ3v) is 16.6. The number of unbranched alkanes of at least 4 members (excludes halogenated alkanes) is 1. The van der Waals surface area contributed by atoms with Crippen molar-refractivity contribution in [3.63, 3.8) is 0 Å². The molecule has 6 aromatic rings. The van der Waals surface area contributed by atoms with Gasteiger partial charge in [0.25, 0.3) is 0 Å². The van der Waals surface area contributed by atoms with Crippen molar-refractivity contribution < 1.29 is 67.7 Å². The van der Waals surface area contributed by atoms with Crippen LogP contribution >= 0.6 is 0 Å². The van der Waals surface area contributed by atoms with Crippen LogP contribution in [0.25, 0.3) is 21.8 Å². The highest BCUT2D eigenvalue weighted by molar-refractivity contribution is 6.00.